The highest BCUT2D eigenvalue weighted by atomic mass is 16.1. The van der Waals surface area contributed by atoms with E-state index < -0.39 is 0 Å². The molecule has 0 unspecified atom stereocenters. The third-order valence-electron chi connectivity index (χ3n) is 3.31. The predicted octanol–water partition coefficient (Wildman–Crippen LogP) is 1.99. The molecule has 0 saturated heterocycles. The van der Waals surface area contributed by atoms with E-state index in [0.29, 0.717) is 10.9 Å². The van der Waals surface area contributed by atoms with Gasteiger partial charge in [-0.15, -0.1) is 0 Å². The van der Waals surface area contributed by atoms with Gasteiger partial charge in [-0.25, -0.2) is 4.98 Å². The molecule has 0 aromatic carbocycles. The SMILES string of the molecule is C[C@@H](Cc1cccnc1)n1cnc2cnccc2c1=O. The molecule has 0 aliphatic carbocycles. The first-order chi connectivity index (χ1) is 9.75. The Morgan fingerprint density at radius 2 is 2.05 bits per heavy atom. The van der Waals surface area contributed by atoms with Gasteiger partial charge in [-0.2, -0.15) is 0 Å². The molecular weight excluding hydrogens is 252 g/mol. The number of hydrogen-bond acceptors (Lipinski definition) is 4. The standard InChI is InChI=1S/C15H14N4O/c1-11(7-12-3-2-5-16-8-12)19-10-18-14-9-17-6-4-13(14)15(19)20/h2-6,8-11H,7H2,1H3/t11-/m0/s1. The number of rotatable bonds is 3. The van der Waals surface area contributed by atoms with Crippen molar-refractivity contribution in [1.29, 1.82) is 0 Å². The fraction of sp³-hybridized carbons (Fsp3) is 0.200. The van der Waals surface area contributed by atoms with Crippen LogP contribution in [0.1, 0.15) is 18.5 Å². The van der Waals surface area contributed by atoms with Crippen LogP contribution in [0.25, 0.3) is 10.9 Å². The van der Waals surface area contributed by atoms with Crippen LogP contribution in [0.4, 0.5) is 0 Å². The third kappa shape index (κ3) is 2.30. The summed E-state index contributed by atoms with van der Waals surface area (Å²) < 4.78 is 1.66. The Hall–Kier alpha value is -2.56. The van der Waals surface area contributed by atoms with Crippen LogP contribution in [0, 0.1) is 0 Å². The maximum absolute atomic E-state index is 12.4. The van der Waals surface area contributed by atoms with E-state index in [2.05, 4.69) is 15.0 Å². The molecule has 5 nitrogen and oxygen atoms in total. The number of pyridine rings is 2. The zero-order valence-electron chi connectivity index (χ0n) is 11.1. The highest BCUT2D eigenvalue weighted by Gasteiger charge is 2.10. The lowest BCUT2D eigenvalue weighted by molar-refractivity contribution is 0.522. The maximum Gasteiger partial charge on any atom is 0.261 e. The zero-order valence-corrected chi connectivity index (χ0v) is 11.1. The second kappa shape index (κ2) is 5.21. The van der Waals surface area contributed by atoms with Crippen molar-refractivity contribution in [2.45, 2.75) is 19.4 Å². The molecule has 0 spiro atoms. The molecule has 0 aliphatic heterocycles. The van der Waals surface area contributed by atoms with Crippen LogP contribution in [-0.2, 0) is 6.42 Å². The summed E-state index contributed by atoms with van der Waals surface area (Å²) in [4.78, 5) is 24.8. The van der Waals surface area contributed by atoms with Gasteiger partial charge in [-0.05, 0) is 31.0 Å². The van der Waals surface area contributed by atoms with E-state index in [1.54, 1.807) is 35.6 Å². The van der Waals surface area contributed by atoms with Crippen molar-refractivity contribution in [3.8, 4) is 0 Å². The minimum atomic E-state index is -0.0335. The molecule has 1 atom stereocenters. The molecule has 0 N–H and O–H groups in total. The second-order valence-corrected chi connectivity index (χ2v) is 4.76. The minimum Gasteiger partial charge on any atom is -0.296 e. The molecule has 20 heavy (non-hydrogen) atoms. The molecule has 0 aliphatic rings. The molecule has 0 radical (unpaired) electrons. The monoisotopic (exact) mass is 266 g/mol. The van der Waals surface area contributed by atoms with Crippen LogP contribution in [-0.4, -0.2) is 19.5 Å². The van der Waals surface area contributed by atoms with Gasteiger partial charge >= 0.3 is 0 Å². The van der Waals surface area contributed by atoms with Crippen molar-refractivity contribution in [3.05, 3.63) is 65.2 Å². The Morgan fingerprint density at radius 1 is 1.20 bits per heavy atom. The molecule has 0 fully saturated rings. The van der Waals surface area contributed by atoms with Gasteiger partial charge < -0.3 is 0 Å². The summed E-state index contributed by atoms with van der Waals surface area (Å²) in [5, 5.41) is 0.598. The van der Waals surface area contributed by atoms with Gasteiger partial charge in [0, 0.05) is 24.6 Å². The van der Waals surface area contributed by atoms with Crippen molar-refractivity contribution < 1.29 is 0 Å². The zero-order chi connectivity index (χ0) is 13.9. The lowest BCUT2D eigenvalue weighted by atomic mass is 10.1. The van der Waals surface area contributed by atoms with Crippen LogP contribution in [0.2, 0.25) is 0 Å². The molecule has 3 heterocycles. The van der Waals surface area contributed by atoms with Gasteiger partial charge in [0.2, 0.25) is 0 Å². The smallest absolute Gasteiger partial charge is 0.261 e. The molecule has 100 valence electrons. The Kier molecular flexibility index (Phi) is 3.25. The van der Waals surface area contributed by atoms with Crippen LogP contribution < -0.4 is 5.56 Å². The normalized spacial score (nSPS) is 12.4. The largest absolute Gasteiger partial charge is 0.296 e. The van der Waals surface area contributed by atoms with E-state index in [1.165, 1.54) is 0 Å². The van der Waals surface area contributed by atoms with Crippen molar-refractivity contribution in [3.63, 3.8) is 0 Å². The fourth-order valence-corrected chi connectivity index (χ4v) is 2.26. The molecule has 0 amide bonds. The molecule has 3 rings (SSSR count). The summed E-state index contributed by atoms with van der Waals surface area (Å²) in [5.74, 6) is 0. The topological polar surface area (TPSA) is 60.7 Å². The van der Waals surface area contributed by atoms with Gasteiger partial charge in [0.15, 0.2) is 0 Å². The van der Waals surface area contributed by atoms with Crippen LogP contribution in [0.15, 0.2) is 54.1 Å². The molecule has 5 heteroatoms. The van der Waals surface area contributed by atoms with E-state index in [-0.39, 0.29) is 11.6 Å². The van der Waals surface area contributed by atoms with Crippen molar-refractivity contribution in [2.75, 3.05) is 0 Å². The van der Waals surface area contributed by atoms with E-state index in [0.717, 1.165) is 12.0 Å². The minimum absolute atomic E-state index is 0.0248. The Labute approximate surface area is 116 Å². The van der Waals surface area contributed by atoms with E-state index in [4.69, 9.17) is 0 Å². The number of nitrogens with zero attached hydrogens (tertiary/aromatic N) is 4. The summed E-state index contributed by atoms with van der Waals surface area (Å²) in [6.45, 7) is 2.00. The molecule has 3 aromatic rings. The van der Waals surface area contributed by atoms with E-state index in [1.807, 2.05) is 25.3 Å². The summed E-state index contributed by atoms with van der Waals surface area (Å²) in [6.07, 6.45) is 9.11. The Bertz CT molecular complexity index is 782. The number of fused-ring (bicyclic) bond motifs is 1. The molecule has 3 aromatic heterocycles. The van der Waals surface area contributed by atoms with E-state index in [9.17, 15) is 4.79 Å². The first-order valence-electron chi connectivity index (χ1n) is 6.45. The average Bonchev–Trinajstić information content (AvgIpc) is 2.49. The van der Waals surface area contributed by atoms with Gasteiger partial charge in [0.25, 0.3) is 5.56 Å². The Balaban J connectivity index is 1.98. The van der Waals surface area contributed by atoms with Gasteiger partial charge in [0.1, 0.15) is 0 Å². The molecular formula is C15H14N4O. The lowest BCUT2D eigenvalue weighted by Crippen LogP contribution is -2.25. The van der Waals surface area contributed by atoms with Gasteiger partial charge in [-0.3, -0.25) is 19.3 Å². The summed E-state index contributed by atoms with van der Waals surface area (Å²) >= 11 is 0. The van der Waals surface area contributed by atoms with Crippen LogP contribution in [0.3, 0.4) is 0 Å². The predicted molar refractivity (Wildman–Crippen MR) is 76.5 cm³/mol. The van der Waals surface area contributed by atoms with Crippen LogP contribution >= 0.6 is 0 Å². The van der Waals surface area contributed by atoms with Crippen LogP contribution in [0.5, 0.6) is 0 Å². The van der Waals surface area contributed by atoms with Crippen molar-refractivity contribution in [1.82, 2.24) is 19.5 Å². The molecule has 0 saturated carbocycles. The van der Waals surface area contributed by atoms with Gasteiger partial charge in [-0.1, -0.05) is 6.07 Å². The first kappa shape index (κ1) is 12.5. The number of hydrogen-bond donors (Lipinski definition) is 0. The van der Waals surface area contributed by atoms with Crippen molar-refractivity contribution in [2.24, 2.45) is 0 Å². The Morgan fingerprint density at radius 3 is 2.85 bits per heavy atom. The second-order valence-electron chi connectivity index (χ2n) is 4.76. The first-order valence-corrected chi connectivity index (χ1v) is 6.45. The van der Waals surface area contributed by atoms with Gasteiger partial charge in [0.05, 0.1) is 23.4 Å². The number of aromatic nitrogens is 4. The lowest BCUT2D eigenvalue weighted by Gasteiger charge is -2.15. The van der Waals surface area contributed by atoms with Crippen molar-refractivity contribution >= 4 is 10.9 Å². The van der Waals surface area contributed by atoms with E-state index >= 15 is 0 Å². The summed E-state index contributed by atoms with van der Waals surface area (Å²) in [7, 11) is 0. The third-order valence-corrected chi connectivity index (χ3v) is 3.31. The summed E-state index contributed by atoms with van der Waals surface area (Å²) in [5.41, 5.74) is 1.69. The fourth-order valence-electron chi connectivity index (χ4n) is 2.26. The average molecular weight is 266 g/mol. The quantitative estimate of drug-likeness (QED) is 0.727. The molecule has 0 bridgehead atoms. The highest BCUT2D eigenvalue weighted by Crippen LogP contribution is 2.12. The highest BCUT2D eigenvalue weighted by molar-refractivity contribution is 5.75. The maximum atomic E-state index is 12.4. The summed E-state index contributed by atoms with van der Waals surface area (Å²) in [6, 6.07) is 5.64.